The lowest BCUT2D eigenvalue weighted by molar-refractivity contribution is -0.304. The Bertz CT molecular complexity index is 844. The molecule has 0 radical (unpaired) electrons. The molecule has 3 aliphatic rings. The smallest absolute Gasteiger partial charge is 0.215 e. The highest BCUT2D eigenvalue weighted by molar-refractivity contribution is 5.05. The molecule has 1 saturated carbocycles. The summed E-state index contributed by atoms with van der Waals surface area (Å²) in [6.07, 6.45) is -4.39. The summed E-state index contributed by atoms with van der Waals surface area (Å²) >= 11 is 0. The predicted octanol–water partition coefficient (Wildman–Crippen LogP) is -5.56. The molecule has 2 aliphatic heterocycles. The number of ether oxygens (including phenoxy) is 4. The van der Waals surface area contributed by atoms with Gasteiger partial charge >= 0.3 is 0 Å². The molecule has 2 heterocycles. The molecule has 16 nitrogen and oxygen atoms in total. The van der Waals surface area contributed by atoms with Crippen LogP contribution in [0.3, 0.4) is 0 Å². The molecular formula is C26H53N7O9. The molecule has 3 rings (SSSR count). The Morgan fingerprint density at radius 1 is 1.12 bits per heavy atom. The highest BCUT2D eigenvalue weighted by Crippen LogP contribution is 2.32. The molecule has 0 bridgehead atoms. The van der Waals surface area contributed by atoms with Crippen LogP contribution in [0.2, 0.25) is 0 Å². The number of nitrogens with one attached hydrogen (secondary N) is 3. The Hall–Kier alpha value is -1.06. The molecule has 2 fully saturated rings. The lowest BCUT2D eigenvalue weighted by Gasteiger charge is -2.49. The van der Waals surface area contributed by atoms with Crippen LogP contribution in [0.5, 0.6) is 0 Å². The zero-order chi connectivity index (χ0) is 31.0. The molecule has 1 aliphatic carbocycles. The number of aliphatic hydroxyl groups is 5. The van der Waals surface area contributed by atoms with Gasteiger partial charge in [0.2, 0.25) is 6.29 Å². The lowest BCUT2D eigenvalue weighted by atomic mass is 9.83. The molecule has 0 aromatic heterocycles. The van der Waals surface area contributed by atoms with E-state index in [0.717, 1.165) is 0 Å². The fraction of sp³-hybridized carbons (Fsp3) is 0.923. The molecule has 246 valence electrons. The van der Waals surface area contributed by atoms with Gasteiger partial charge in [-0.2, -0.15) is 0 Å². The molecule has 16 N–H and O–H groups in total. The van der Waals surface area contributed by atoms with Gasteiger partial charge in [-0.1, -0.05) is 0 Å². The van der Waals surface area contributed by atoms with Crippen molar-refractivity contribution in [2.45, 2.75) is 105 Å². The van der Waals surface area contributed by atoms with Crippen molar-refractivity contribution in [3.05, 3.63) is 11.8 Å². The topological polar surface area (TPSA) is 278 Å². The van der Waals surface area contributed by atoms with E-state index in [1.807, 2.05) is 6.08 Å². The quantitative estimate of drug-likeness (QED) is 0.0826. The maximum absolute atomic E-state index is 11.6. The van der Waals surface area contributed by atoms with Gasteiger partial charge in [-0.05, 0) is 45.9 Å². The van der Waals surface area contributed by atoms with E-state index in [1.165, 1.54) is 0 Å². The Morgan fingerprint density at radius 2 is 1.83 bits per heavy atom. The highest BCUT2D eigenvalue weighted by atomic mass is 16.7. The van der Waals surface area contributed by atoms with Gasteiger partial charge in [0.1, 0.15) is 35.8 Å². The number of aliphatic hydroxyl groups excluding tert-OH is 4. The third kappa shape index (κ3) is 9.23. The van der Waals surface area contributed by atoms with Crippen LogP contribution in [-0.4, -0.2) is 151 Å². The van der Waals surface area contributed by atoms with Crippen molar-refractivity contribution < 1.29 is 44.5 Å². The van der Waals surface area contributed by atoms with Gasteiger partial charge < -0.3 is 83.4 Å². The van der Waals surface area contributed by atoms with Gasteiger partial charge in [0.05, 0.1) is 37.9 Å². The summed E-state index contributed by atoms with van der Waals surface area (Å²) in [5, 5.41) is 61.8. The SMILES string of the molecule is CN[C@@H]1[C@@H](O)[C@@H](O[C@H]2[C@H](NCC(O)CCN)C[C@H](N)C(O[C@H]3OC(CNCC(N)CO)=CC[C@H]3N)[C@@H]2O)OC[C@]1(C)O. The first kappa shape index (κ1) is 35.4. The summed E-state index contributed by atoms with van der Waals surface area (Å²) in [5.74, 6) is 0.579. The summed E-state index contributed by atoms with van der Waals surface area (Å²) in [7, 11) is 1.61. The Balaban J connectivity index is 1.73. The molecule has 16 heteroatoms. The van der Waals surface area contributed by atoms with E-state index >= 15 is 0 Å². The first-order chi connectivity index (χ1) is 19.9. The summed E-state index contributed by atoms with van der Waals surface area (Å²) in [4.78, 5) is 0. The average Bonchev–Trinajstić information content (AvgIpc) is 2.94. The second kappa shape index (κ2) is 16.3. The minimum absolute atomic E-state index is 0.118. The third-order valence-electron chi connectivity index (χ3n) is 8.03. The van der Waals surface area contributed by atoms with Gasteiger partial charge in [0, 0.05) is 31.2 Å². The zero-order valence-electron chi connectivity index (χ0n) is 24.5. The second-order valence-corrected chi connectivity index (χ2v) is 11.8. The fourth-order valence-corrected chi connectivity index (χ4v) is 5.60. The van der Waals surface area contributed by atoms with E-state index in [2.05, 4.69) is 16.0 Å². The molecule has 0 aromatic rings. The maximum Gasteiger partial charge on any atom is 0.215 e. The number of hydrogen-bond acceptors (Lipinski definition) is 16. The van der Waals surface area contributed by atoms with Crippen molar-refractivity contribution >= 4 is 0 Å². The number of nitrogens with two attached hydrogens (primary N) is 4. The van der Waals surface area contributed by atoms with Crippen LogP contribution in [0.4, 0.5) is 0 Å². The number of hydrogen-bond donors (Lipinski definition) is 12. The maximum atomic E-state index is 11.6. The van der Waals surface area contributed by atoms with Crippen LogP contribution in [-0.2, 0) is 18.9 Å². The third-order valence-corrected chi connectivity index (χ3v) is 8.03. The van der Waals surface area contributed by atoms with Gasteiger partial charge in [-0.15, -0.1) is 0 Å². The largest absolute Gasteiger partial charge is 0.467 e. The van der Waals surface area contributed by atoms with Gasteiger partial charge in [0.15, 0.2) is 6.29 Å². The van der Waals surface area contributed by atoms with Crippen molar-refractivity contribution in [3.63, 3.8) is 0 Å². The van der Waals surface area contributed by atoms with E-state index in [0.29, 0.717) is 38.2 Å². The number of likely N-dealkylation sites (N-methyl/N-ethyl adjacent to an activating group) is 1. The molecule has 3 unspecified atom stereocenters. The number of rotatable bonds is 15. The van der Waals surface area contributed by atoms with Gasteiger partial charge in [0.25, 0.3) is 0 Å². The average molecular weight is 608 g/mol. The predicted molar refractivity (Wildman–Crippen MR) is 153 cm³/mol. The van der Waals surface area contributed by atoms with Crippen LogP contribution in [0.1, 0.15) is 26.2 Å². The van der Waals surface area contributed by atoms with Crippen molar-refractivity contribution in [1.29, 1.82) is 0 Å². The van der Waals surface area contributed by atoms with Crippen LogP contribution in [0.15, 0.2) is 11.8 Å². The summed E-state index contributed by atoms with van der Waals surface area (Å²) in [6, 6.07) is -2.92. The van der Waals surface area contributed by atoms with Gasteiger partial charge in [-0.3, -0.25) is 0 Å². The monoisotopic (exact) mass is 607 g/mol. The Morgan fingerprint density at radius 3 is 2.50 bits per heavy atom. The minimum Gasteiger partial charge on any atom is -0.467 e. The molecule has 0 amide bonds. The van der Waals surface area contributed by atoms with Crippen LogP contribution in [0.25, 0.3) is 0 Å². The molecule has 13 atom stereocenters. The standard InChI is InChI=1S/C26H53N7O9/c1-26(38)12-39-25(20(37)23(26)31-2)42-22-18(33-9-14(35)5-6-27)7-17(30)21(19(22)36)41-24-16(29)4-3-15(40-24)10-32-8-13(28)11-34/h3,13-14,16-25,31-38H,4-12,27-30H2,1-2H3/t13?,14?,16-,17+,18-,19+,20-,21?,22+,23-,24-,25-,26+/m1/s1. The zero-order valence-corrected chi connectivity index (χ0v) is 24.5. The molecule has 42 heavy (non-hydrogen) atoms. The lowest BCUT2D eigenvalue weighted by Crippen LogP contribution is -2.69. The second-order valence-electron chi connectivity index (χ2n) is 11.8. The van der Waals surface area contributed by atoms with Crippen molar-refractivity contribution in [3.8, 4) is 0 Å². The van der Waals surface area contributed by atoms with Crippen molar-refractivity contribution in [2.24, 2.45) is 22.9 Å². The van der Waals surface area contributed by atoms with E-state index in [1.54, 1.807) is 14.0 Å². The van der Waals surface area contributed by atoms with E-state index < -0.39 is 78.9 Å². The van der Waals surface area contributed by atoms with Gasteiger partial charge in [-0.25, -0.2) is 0 Å². The molecule has 0 spiro atoms. The fourth-order valence-electron chi connectivity index (χ4n) is 5.60. The normalized spacial score (nSPS) is 40.7. The van der Waals surface area contributed by atoms with Crippen LogP contribution >= 0.6 is 0 Å². The van der Waals surface area contributed by atoms with Crippen LogP contribution in [0, 0.1) is 0 Å². The molecule has 0 aromatic carbocycles. The van der Waals surface area contributed by atoms with Crippen molar-refractivity contribution in [1.82, 2.24) is 16.0 Å². The highest BCUT2D eigenvalue weighted by Gasteiger charge is 2.51. The van der Waals surface area contributed by atoms with Crippen LogP contribution < -0.4 is 38.9 Å². The summed E-state index contributed by atoms with van der Waals surface area (Å²) < 4.78 is 24.0. The molecule has 1 saturated heterocycles. The Labute approximate surface area is 247 Å². The van der Waals surface area contributed by atoms with E-state index in [9.17, 15) is 20.4 Å². The summed E-state index contributed by atoms with van der Waals surface area (Å²) in [6.45, 7) is 2.48. The van der Waals surface area contributed by atoms with Crippen molar-refractivity contribution in [2.75, 3.05) is 46.4 Å². The summed E-state index contributed by atoms with van der Waals surface area (Å²) in [5.41, 5.74) is 22.7. The minimum atomic E-state index is -1.35. The first-order valence-electron chi connectivity index (χ1n) is 14.7. The van der Waals surface area contributed by atoms with E-state index in [-0.39, 0.29) is 26.2 Å². The Kier molecular flexibility index (Phi) is 13.8. The van der Waals surface area contributed by atoms with E-state index in [4.69, 9.17) is 47.0 Å². The first-order valence-corrected chi connectivity index (χ1v) is 14.7. The molecular weight excluding hydrogens is 554 g/mol.